The molecule has 2 amide bonds. The highest BCUT2D eigenvalue weighted by molar-refractivity contribution is 6.30. The van der Waals surface area contributed by atoms with Crippen LogP contribution in [-0.2, 0) is 25.7 Å². The molecular weight excluding hydrogens is 387 g/mol. The van der Waals surface area contributed by atoms with Crippen LogP contribution in [0.3, 0.4) is 0 Å². The molecule has 8 heteroatoms. The number of esters is 1. The number of halogens is 2. The van der Waals surface area contributed by atoms with E-state index in [4.69, 9.17) is 16.3 Å². The van der Waals surface area contributed by atoms with E-state index in [-0.39, 0.29) is 29.6 Å². The van der Waals surface area contributed by atoms with Crippen molar-refractivity contribution in [3.05, 3.63) is 64.9 Å². The molecule has 1 heterocycles. The minimum atomic E-state index is -0.690. The molecule has 1 N–H and O–H groups in total. The summed E-state index contributed by atoms with van der Waals surface area (Å²) in [5, 5.41) is 2.51. The number of nitrogens with zero attached hydrogens (tertiary/aromatic N) is 1. The van der Waals surface area contributed by atoms with Crippen molar-refractivity contribution in [1.82, 2.24) is 4.90 Å². The van der Waals surface area contributed by atoms with Crippen molar-refractivity contribution in [2.45, 2.75) is 13.0 Å². The molecule has 0 radical (unpaired) electrons. The van der Waals surface area contributed by atoms with Gasteiger partial charge in [-0.1, -0.05) is 41.9 Å². The van der Waals surface area contributed by atoms with E-state index >= 15 is 0 Å². The monoisotopic (exact) mass is 404 g/mol. The van der Waals surface area contributed by atoms with Crippen LogP contribution >= 0.6 is 11.6 Å². The van der Waals surface area contributed by atoms with Crippen LogP contribution in [0.4, 0.5) is 10.1 Å². The lowest BCUT2D eigenvalue weighted by Crippen LogP contribution is -2.28. The standard InChI is InChI=1S/C20H18ClFN2O4/c21-15-6-7-17(16(22)9-15)23-18(25)12-28-20(27)14-8-19(26)24(11-14)10-13-4-2-1-3-5-13/h1-7,9,14H,8,10-12H2,(H,23,25)/t14-/m0/s1. The third-order valence-corrected chi connectivity index (χ3v) is 4.55. The van der Waals surface area contributed by atoms with E-state index in [1.165, 1.54) is 12.1 Å². The summed E-state index contributed by atoms with van der Waals surface area (Å²) in [6, 6.07) is 13.3. The quantitative estimate of drug-likeness (QED) is 0.751. The number of benzene rings is 2. The normalized spacial score (nSPS) is 16.1. The first kappa shape index (κ1) is 19.8. The SMILES string of the molecule is O=C(COC(=O)[C@H]1CC(=O)N(Cc2ccccc2)C1)Nc1ccc(Cl)cc1F. The zero-order valence-electron chi connectivity index (χ0n) is 14.9. The molecule has 1 atom stereocenters. The number of rotatable bonds is 6. The highest BCUT2D eigenvalue weighted by atomic mass is 35.5. The Hall–Kier alpha value is -2.93. The topological polar surface area (TPSA) is 75.7 Å². The first-order valence-corrected chi connectivity index (χ1v) is 9.03. The van der Waals surface area contributed by atoms with Gasteiger partial charge in [0.25, 0.3) is 5.91 Å². The smallest absolute Gasteiger partial charge is 0.311 e. The van der Waals surface area contributed by atoms with E-state index in [1.54, 1.807) is 4.90 Å². The summed E-state index contributed by atoms with van der Waals surface area (Å²) in [5.74, 6) is -2.77. The highest BCUT2D eigenvalue weighted by Gasteiger charge is 2.35. The lowest BCUT2D eigenvalue weighted by Gasteiger charge is -2.16. The number of anilines is 1. The molecule has 0 bridgehead atoms. The first-order valence-electron chi connectivity index (χ1n) is 8.65. The van der Waals surface area contributed by atoms with Gasteiger partial charge in [0.1, 0.15) is 5.82 Å². The molecule has 1 fully saturated rings. The Labute approximate surface area is 166 Å². The van der Waals surface area contributed by atoms with Crippen LogP contribution in [-0.4, -0.2) is 35.8 Å². The third kappa shape index (κ3) is 5.07. The predicted molar refractivity (Wildman–Crippen MR) is 101 cm³/mol. The van der Waals surface area contributed by atoms with Gasteiger partial charge in [-0.05, 0) is 23.8 Å². The van der Waals surface area contributed by atoms with Gasteiger partial charge in [-0.25, -0.2) is 4.39 Å². The predicted octanol–water partition coefficient (Wildman–Crippen LogP) is 3.01. The van der Waals surface area contributed by atoms with Gasteiger partial charge in [-0.2, -0.15) is 0 Å². The molecule has 0 unspecified atom stereocenters. The van der Waals surface area contributed by atoms with Gasteiger partial charge in [0.2, 0.25) is 5.91 Å². The maximum absolute atomic E-state index is 13.7. The largest absolute Gasteiger partial charge is 0.455 e. The van der Waals surface area contributed by atoms with E-state index in [2.05, 4.69) is 5.32 Å². The summed E-state index contributed by atoms with van der Waals surface area (Å²) < 4.78 is 18.7. The zero-order chi connectivity index (χ0) is 20.1. The summed E-state index contributed by atoms with van der Waals surface area (Å²) in [5.41, 5.74) is 0.907. The molecule has 2 aromatic carbocycles. The summed E-state index contributed by atoms with van der Waals surface area (Å²) >= 11 is 5.65. The fourth-order valence-corrected chi connectivity index (χ4v) is 3.08. The Bertz CT molecular complexity index is 891. The number of hydrogen-bond donors (Lipinski definition) is 1. The molecule has 0 saturated carbocycles. The van der Waals surface area contributed by atoms with Crippen LogP contribution < -0.4 is 5.32 Å². The van der Waals surface area contributed by atoms with Gasteiger partial charge < -0.3 is 15.0 Å². The van der Waals surface area contributed by atoms with Crippen LogP contribution in [0.5, 0.6) is 0 Å². The van der Waals surface area contributed by atoms with Crippen LogP contribution in [0.1, 0.15) is 12.0 Å². The molecule has 1 aliphatic heterocycles. The minimum Gasteiger partial charge on any atom is -0.455 e. The number of ether oxygens (including phenoxy) is 1. The average molecular weight is 405 g/mol. The van der Waals surface area contributed by atoms with Crippen molar-refractivity contribution in [3.8, 4) is 0 Å². The molecule has 1 aliphatic rings. The summed E-state index contributed by atoms with van der Waals surface area (Å²) in [4.78, 5) is 37.8. The Morgan fingerprint density at radius 2 is 1.96 bits per heavy atom. The fraction of sp³-hybridized carbons (Fsp3) is 0.250. The van der Waals surface area contributed by atoms with Gasteiger partial charge in [-0.15, -0.1) is 0 Å². The molecule has 0 aromatic heterocycles. The molecule has 28 heavy (non-hydrogen) atoms. The van der Waals surface area contributed by atoms with Gasteiger partial charge in [-0.3, -0.25) is 14.4 Å². The second kappa shape index (κ2) is 8.84. The summed E-state index contributed by atoms with van der Waals surface area (Å²) in [6.07, 6.45) is 0.0408. The summed E-state index contributed by atoms with van der Waals surface area (Å²) in [7, 11) is 0. The van der Waals surface area contributed by atoms with Crippen molar-refractivity contribution in [2.75, 3.05) is 18.5 Å². The molecule has 1 saturated heterocycles. The van der Waals surface area contributed by atoms with Crippen molar-refractivity contribution < 1.29 is 23.5 Å². The fourth-order valence-electron chi connectivity index (χ4n) is 2.92. The van der Waals surface area contributed by atoms with E-state index in [0.717, 1.165) is 11.6 Å². The Morgan fingerprint density at radius 1 is 1.21 bits per heavy atom. The lowest BCUT2D eigenvalue weighted by atomic mass is 10.1. The van der Waals surface area contributed by atoms with Crippen molar-refractivity contribution in [1.29, 1.82) is 0 Å². The number of carbonyl (C=O) groups is 3. The van der Waals surface area contributed by atoms with Crippen LogP contribution in [0, 0.1) is 11.7 Å². The highest BCUT2D eigenvalue weighted by Crippen LogP contribution is 2.22. The van der Waals surface area contributed by atoms with Gasteiger partial charge in [0.05, 0.1) is 11.6 Å². The van der Waals surface area contributed by atoms with Crippen molar-refractivity contribution in [3.63, 3.8) is 0 Å². The molecule has 0 aliphatic carbocycles. The lowest BCUT2D eigenvalue weighted by molar-refractivity contribution is -0.151. The van der Waals surface area contributed by atoms with Crippen LogP contribution in [0.25, 0.3) is 0 Å². The molecule has 6 nitrogen and oxygen atoms in total. The molecule has 2 aromatic rings. The Kier molecular flexibility index (Phi) is 6.26. The third-order valence-electron chi connectivity index (χ3n) is 4.31. The van der Waals surface area contributed by atoms with Gasteiger partial charge in [0, 0.05) is 24.5 Å². The second-order valence-corrected chi connectivity index (χ2v) is 6.88. The average Bonchev–Trinajstić information content (AvgIpc) is 3.03. The molecule has 0 spiro atoms. The van der Waals surface area contributed by atoms with Crippen LogP contribution in [0.15, 0.2) is 48.5 Å². The molecule has 3 rings (SSSR count). The van der Waals surface area contributed by atoms with Crippen molar-refractivity contribution >= 4 is 35.1 Å². The summed E-state index contributed by atoms with van der Waals surface area (Å²) in [6.45, 7) is 0.0874. The maximum Gasteiger partial charge on any atom is 0.311 e. The number of nitrogens with one attached hydrogen (secondary N) is 1. The number of amides is 2. The Morgan fingerprint density at radius 3 is 2.68 bits per heavy atom. The first-order chi connectivity index (χ1) is 13.4. The van der Waals surface area contributed by atoms with Crippen LogP contribution in [0.2, 0.25) is 5.02 Å². The molecular formula is C20H18ClFN2O4. The Balaban J connectivity index is 1.48. The number of carbonyl (C=O) groups excluding carboxylic acids is 3. The maximum atomic E-state index is 13.7. The van der Waals surface area contributed by atoms with E-state index in [9.17, 15) is 18.8 Å². The van der Waals surface area contributed by atoms with E-state index in [0.29, 0.717) is 6.54 Å². The number of hydrogen-bond acceptors (Lipinski definition) is 4. The van der Waals surface area contributed by atoms with E-state index < -0.39 is 30.2 Å². The van der Waals surface area contributed by atoms with E-state index in [1.807, 2.05) is 30.3 Å². The van der Waals surface area contributed by atoms with Crippen molar-refractivity contribution in [2.24, 2.45) is 5.92 Å². The number of likely N-dealkylation sites (tertiary alicyclic amines) is 1. The zero-order valence-corrected chi connectivity index (χ0v) is 15.6. The second-order valence-electron chi connectivity index (χ2n) is 6.44. The molecule has 146 valence electrons. The van der Waals surface area contributed by atoms with Gasteiger partial charge >= 0.3 is 5.97 Å². The van der Waals surface area contributed by atoms with Gasteiger partial charge in [0.15, 0.2) is 6.61 Å². The minimum absolute atomic E-state index is 0.0408.